The van der Waals surface area contributed by atoms with Crippen LogP contribution in [0.25, 0.3) is 10.8 Å². The summed E-state index contributed by atoms with van der Waals surface area (Å²) in [6.45, 7) is 2.14. The highest BCUT2D eigenvalue weighted by Crippen LogP contribution is 2.29. The van der Waals surface area contributed by atoms with Crippen molar-refractivity contribution >= 4 is 10.8 Å². The average Bonchev–Trinajstić information content (AvgIpc) is 2.30. The highest BCUT2D eigenvalue weighted by Gasteiger charge is 2.06. The summed E-state index contributed by atoms with van der Waals surface area (Å²) in [6.07, 6.45) is 3.23. The molecule has 0 saturated carbocycles. The second-order valence-electron chi connectivity index (χ2n) is 3.52. The molecule has 0 bridgehead atoms. The summed E-state index contributed by atoms with van der Waals surface area (Å²) in [5.41, 5.74) is 1.21. The Kier molecular flexibility index (Phi) is 2.91. The fraction of sp³-hybridized carbons (Fsp3) is 0.214. The van der Waals surface area contributed by atoms with Gasteiger partial charge in [0.15, 0.2) is 0 Å². The van der Waals surface area contributed by atoms with Crippen molar-refractivity contribution in [2.75, 3.05) is 7.11 Å². The molecule has 0 aliphatic carbocycles. The predicted molar refractivity (Wildman–Crippen MR) is 64.2 cm³/mol. The third kappa shape index (κ3) is 1.82. The third-order valence-electron chi connectivity index (χ3n) is 2.56. The minimum Gasteiger partial charge on any atom is -0.496 e. The summed E-state index contributed by atoms with van der Waals surface area (Å²) in [7, 11) is 1.72. The topological polar surface area (TPSA) is 9.23 Å². The van der Waals surface area contributed by atoms with Crippen molar-refractivity contribution in [3.8, 4) is 5.75 Å². The van der Waals surface area contributed by atoms with Gasteiger partial charge in [-0.3, -0.25) is 0 Å². The van der Waals surface area contributed by atoms with Crippen LogP contribution >= 0.6 is 0 Å². The van der Waals surface area contributed by atoms with Crippen LogP contribution in [0.2, 0.25) is 0 Å². The van der Waals surface area contributed by atoms with Crippen LogP contribution in [0.15, 0.2) is 36.4 Å². The Labute approximate surface area is 90.7 Å². The Morgan fingerprint density at radius 2 is 1.93 bits per heavy atom. The van der Waals surface area contributed by atoms with E-state index in [1.165, 1.54) is 16.3 Å². The third-order valence-corrected chi connectivity index (χ3v) is 2.56. The lowest BCUT2D eigenvalue weighted by atomic mass is 10.00. The summed E-state index contributed by atoms with van der Waals surface area (Å²) in [4.78, 5) is 0. The van der Waals surface area contributed by atoms with Gasteiger partial charge in [-0.2, -0.15) is 0 Å². The number of methoxy groups -OCH3 is 1. The van der Waals surface area contributed by atoms with Gasteiger partial charge >= 0.3 is 0 Å². The normalized spacial score (nSPS) is 10.5. The van der Waals surface area contributed by atoms with Gasteiger partial charge in [0.05, 0.1) is 7.11 Å². The molecule has 0 aliphatic rings. The summed E-state index contributed by atoms with van der Waals surface area (Å²) in [5.74, 6) is 0.954. The number of benzene rings is 2. The fourth-order valence-corrected chi connectivity index (χ4v) is 1.87. The average molecular weight is 199 g/mol. The van der Waals surface area contributed by atoms with E-state index in [1.807, 2.05) is 6.07 Å². The molecule has 1 heteroatoms. The monoisotopic (exact) mass is 199 g/mol. The lowest BCUT2D eigenvalue weighted by molar-refractivity contribution is 0.413. The van der Waals surface area contributed by atoms with E-state index in [0.29, 0.717) is 0 Å². The quantitative estimate of drug-likeness (QED) is 0.730. The van der Waals surface area contributed by atoms with Crippen LogP contribution in [-0.2, 0) is 0 Å². The molecule has 0 saturated heterocycles. The van der Waals surface area contributed by atoms with Crippen molar-refractivity contribution in [3.05, 3.63) is 48.4 Å². The molecule has 1 radical (unpaired) electrons. The zero-order valence-electron chi connectivity index (χ0n) is 9.16. The molecule has 1 nitrogen and oxygen atoms in total. The highest BCUT2D eigenvalue weighted by molar-refractivity contribution is 5.88. The van der Waals surface area contributed by atoms with Crippen molar-refractivity contribution in [1.82, 2.24) is 0 Å². The minimum absolute atomic E-state index is 0.954. The van der Waals surface area contributed by atoms with Gasteiger partial charge in [-0.15, -0.1) is 0 Å². The maximum absolute atomic E-state index is 5.37. The second kappa shape index (κ2) is 4.35. The molecular formula is C14H15O. The molecule has 77 valence electrons. The van der Waals surface area contributed by atoms with Crippen LogP contribution in [0, 0.1) is 6.42 Å². The number of hydrogen-bond acceptors (Lipinski definition) is 1. The molecule has 0 amide bonds. The molecule has 0 heterocycles. The standard InChI is InChI=1S/C14H15O/c1-3-6-13-12-8-5-4-7-11(12)9-10-14(13)15-2/h4-10H,3H2,1-2H3. The van der Waals surface area contributed by atoms with Crippen molar-refractivity contribution < 1.29 is 4.74 Å². The SMILES string of the molecule is CC[CH]c1c(OC)ccc2ccccc12. The Hall–Kier alpha value is -1.50. The van der Waals surface area contributed by atoms with Crippen LogP contribution in [0.5, 0.6) is 5.75 Å². The van der Waals surface area contributed by atoms with Crippen LogP contribution in [0.4, 0.5) is 0 Å². The van der Waals surface area contributed by atoms with Gasteiger partial charge in [-0.25, -0.2) is 0 Å². The van der Waals surface area contributed by atoms with Crippen LogP contribution in [0.1, 0.15) is 18.9 Å². The first-order valence-corrected chi connectivity index (χ1v) is 5.25. The molecule has 2 rings (SSSR count). The van der Waals surface area contributed by atoms with Gasteiger partial charge < -0.3 is 4.74 Å². The Balaban J connectivity index is 2.67. The largest absolute Gasteiger partial charge is 0.496 e. The van der Waals surface area contributed by atoms with E-state index in [-0.39, 0.29) is 0 Å². The van der Waals surface area contributed by atoms with Crippen LogP contribution in [-0.4, -0.2) is 7.11 Å². The van der Waals surface area contributed by atoms with E-state index in [4.69, 9.17) is 4.74 Å². The van der Waals surface area contributed by atoms with Gasteiger partial charge in [0.25, 0.3) is 0 Å². The number of hydrogen-bond donors (Lipinski definition) is 0. The van der Waals surface area contributed by atoms with Gasteiger partial charge in [-0.1, -0.05) is 37.3 Å². The maximum Gasteiger partial charge on any atom is 0.122 e. The lowest BCUT2D eigenvalue weighted by Crippen LogP contribution is -1.91. The lowest BCUT2D eigenvalue weighted by Gasteiger charge is -2.10. The smallest absolute Gasteiger partial charge is 0.122 e. The molecule has 2 aromatic carbocycles. The molecule has 0 unspecified atom stereocenters. The zero-order valence-corrected chi connectivity index (χ0v) is 9.16. The van der Waals surface area contributed by atoms with Crippen LogP contribution in [0.3, 0.4) is 0 Å². The first kappa shape index (κ1) is 10.0. The Morgan fingerprint density at radius 3 is 2.67 bits per heavy atom. The van der Waals surface area contributed by atoms with Gasteiger partial charge in [-0.05, 0) is 29.7 Å². The van der Waals surface area contributed by atoms with Crippen molar-refractivity contribution in [2.45, 2.75) is 13.3 Å². The number of rotatable bonds is 3. The minimum atomic E-state index is 0.954. The zero-order chi connectivity index (χ0) is 10.7. The summed E-state index contributed by atoms with van der Waals surface area (Å²) >= 11 is 0. The first-order valence-electron chi connectivity index (χ1n) is 5.25. The predicted octanol–water partition coefficient (Wildman–Crippen LogP) is 3.81. The molecular weight excluding hydrogens is 184 g/mol. The molecule has 0 N–H and O–H groups in total. The van der Waals surface area contributed by atoms with Crippen molar-refractivity contribution in [1.29, 1.82) is 0 Å². The molecule has 15 heavy (non-hydrogen) atoms. The maximum atomic E-state index is 5.37. The van der Waals surface area contributed by atoms with E-state index in [9.17, 15) is 0 Å². The van der Waals surface area contributed by atoms with Gasteiger partial charge in [0.1, 0.15) is 5.75 Å². The molecule has 0 aliphatic heterocycles. The number of fused-ring (bicyclic) bond motifs is 1. The highest BCUT2D eigenvalue weighted by atomic mass is 16.5. The van der Waals surface area contributed by atoms with E-state index < -0.39 is 0 Å². The van der Waals surface area contributed by atoms with E-state index in [0.717, 1.165) is 12.2 Å². The molecule has 0 aromatic heterocycles. The first-order chi connectivity index (χ1) is 7.36. The van der Waals surface area contributed by atoms with Crippen molar-refractivity contribution in [2.24, 2.45) is 0 Å². The Bertz CT molecular complexity index is 460. The van der Waals surface area contributed by atoms with Gasteiger partial charge in [0.2, 0.25) is 0 Å². The van der Waals surface area contributed by atoms with Crippen LogP contribution < -0.4 is 4.74 Å². The summed E-state index contributed by atoms with van der Waals surface area (Å²) in [6, 6.07) is 12.5. The number of ether oxygens (including phenoxy) is 1. The van der Waals surface area contributed by atoms with Gasteiger partial charge in [0, 0.05) is 5.56 Å². The molecule has 0 fully saturated rings. The van der Waals surface area contributed by atoms with E-state index in [1.54, 1.807) is 7.11 Å². The molecule has 0 spiro atoms. The Morgan fingerprint density at radius 1 is 1.13 bits per heavy atom. The molecule has 2 aromatic rings. The van der Waals surface area contributed by atoms with E-state index >= 15 is 0 Å². The van der Waals surface area contributed by atoms with E-state index in [2.05, 4.69) is 43.7 Å². The molecule has 0 atom stereocenters. The second-order valence-corrected chi connectivity index (χ2v) is 3.52. The summed E-state index contributed by atoms with van der Waals surface area (Å²) in [5, 5.41) is 2.52. The van der Waals surface area contributed by atoms with Crippen molar-refractivity contribution in [3.63, 3.8) is 0 Å². The summed E-state index contributed by atoms with van der Waals surface area (Å²) < 4.78 is 5.37. The fourth-order valence-electron chi connectivity index (χ4n) is 1.87.